The number of nitrogens with zero attached hydrogens (tertiary/aromatic N) is 3. The zero-order chi connectivity index (χ0) is 21.0. The third-order valence-electron chi connectivity index (χ3n) is 5.02. The molecule has 29 heavy (non-hydrogen) atoms. The summed E-state index contributed by atoms with van der Waals surface area (Å²) in [6.07, 6.45) is 1.39. The van der Waals surface area contributed by atoms with Crippen molar-refractivity contribution in [3.63, 3.8) is 0 Å². The molecule has 1 aliphatic heterocycles. The zero-order valence-corrected chi connectivity index (χ0v) is 16.5. The number of non-ortho nitro benzene ring substituents is 1. The van der Waals surface area contributed by atoms with E-state index < -0.39 is 4.92 Å². The summed E-state index contributed by atoms with van der Waals surface area (Å²) in [6, 6.07) is 13.5. The van der Waals surface area contributed by atoms with Crippen molar-refractivity contribution in [2.24, 2.45) is 5.92 Å². The van der Waals surface area contributed by atoms with E-state index in [0.717, 1.165) is 5.69 Å². The summed E-state index contributed by atoms with van der Waals surface area (Å²) in [4.78, 5) is 39.8. The standard InChI is InChI=1S/C21H24N4O4/c1-23(2)19-11-10-17(25(28)29)13-18(19)21(27)24-12-6-7-15(14-24)20(26)22-16-8-4-3-5-9-16/h3-5,8-11,13,15H,6-7,12,14H2,1-2H3,(H,22,26)/t15-/m0/s1. The molecule has 1 aliphatic rings. The summed E-state index contributed by atoms with van der Waals surface area (Å²) in [5.74, 6) is -0.746. The molecular weight excluding hydrogens is 372 g/mol. The van der Waals surface area contributed by atoms with E-state index in [0.29, 0.717) is 25.1 Å². The molecule has 3 rings (SSSR count). The van der Waals surface area contributed by atoms with E-state index in [9.17, 15) is 19.7 Å². The minimum Gasteiger partial charge on any atom is -0.377 e. The van der Waals surface area contributed by atoms with Gasteiger partial charge in [0.15, 0.2) is 0 Å². The van der Waals surface area contributed by atoms with Crippen LogP contribution in [0.1, 0.15) is 23.2 Å². The summed E-state index contributed by atoms with van der Waals surface area (Å²) < 4.78 is 0. The van der Waals surface area contributed by atoms with Crippen LogP contribution in [-0.4, -0.2) is 48.8 Å². The number of likely N-dealkylation sites (tertiary alicyclic amines) is 1. The van der Waals surface area contributed by atoms with Crippen molar-refractivity contribution >= 4 is 28.9 Å². The lowest BCUT2D eigenvalue weighted by Gasteiger charge is -2.33. The van der Waals surface area contributed by atoms with Gasteiger partial charge in [-0.2, -0.15) is 0 Å². The summed E-state index contributed by atoms with van der Waals surface area (Å²) in [7, 11) is 3.56. The van der Waals surface area contributed by atoms with Crippen LogP contribution in [0.2, 0.25) is 0 Å². The molecular formula is C21H24N4O4. The number of hydrogen-bond donors (Lipinski definition) is 1. The average molecular weight is 396 g/mol. The number of carbonyl (C=O) groups is 2. The van der Waals surface area contributed by atoms with Crippen molar-refractivity contribution in [2.75, 3.05) is 37.4 Å². The Balaban J connectivity index is 1.78. The van der Waals surface area contributed by atoms with Crippen LogP contribution in [-0.2, 0) is 4.79 Å². The minimum atomic E-state index is -0.511. The maximum Gasteiger partial charge on any atom is 0.270 e. The molecule has 1 N–H and O–H groups in total. The fourth-order valence-corrected chi connectivity index (χ4v) is 3.51. The second kappa shape index (κ2) is 8.72. The lowest BCUT2D eigenvalue weighted by atomic mass is 9.96. The van der Waals surface area contributed by atoms with Crippen LogP contribution in [0.25, 0.3) is 0 Å². The lowest BCUT2D eigenvalue weighted by Crippen LogP contribution is -2.44. The van der Waals surface area contributed by atoms with E-state index in [1.807, 2.05) is 30.3 Å². The molecule has 1 atom stereocenters. The van der Waals surface area contributed by atoms with E-state index in [-0.39, 0.29) is 35.5 Å². The maximum absolute atomic E-state index is 13.2. The molecule has 1 fully saturated rings. The van der Waals surface area contributed by atoms with Crippen molar-refractivity contribution in [1.29, 1.82) is 0 Å². The summed E-state index contributed by atoms with van der Waals surface area (Å²) in [6.45, 7) is 0.802. The van der Waals surface area contributed by atoms with Gasteiger partial charge >= 0.3 is 0 Å². The van der Waals surface area contributed by atoms with Crippen LogP contribution in [0.15, 0.2) is 48.5 Å². The topological polar surface area (TPSA) is 95.8 Å². The lowest BCUT2D eigenvalue weighted by molar-refractivity contribution is -0.384. The van der Waals surface area contributed by atoms with Crippen LogP contribution in [0.3, 0.4) is 0 Å². The first-order valence-corrected chi connectivity index (χ1v) is 9.47. The van der Waals surface area contributed by atoms with Gasteiger partial charge < -0.3 is 15.1 Å². The molecule has 0 saturated carbocycles. The SMILES string of the molecule is CN(C)c1ccc([N+](=O)[O-])cc1C(=O)N1CCC[C@H](C(=O)Nc2ccccc2)C1. The molecule has 0 aromatic heterocycles. The third-order valence-corrected chi connectivity index (χ3v) is 5.02. The van der Waals surface area contributed by atoms with Crippen LogP contribution >= 0.6 is 0 Å². The van der Waals surface area contributed by atoms with Gasteiger partial charge in [-0.3, -0.25) is 19.7 Å². The molecule has 1 heterocycles. The number of amides is 2. The van der Waals surface area contributed by atoms with Crippen molar-refractivity contribution in [3.05, 3.63) is 64.2 Å². The molecule has 0 aliphatic carbocycles. The molecule has 1 saturated heterocycles. The number of carbonyl (C=O) groups excluding carboxylic acids is 2. The predicted octanol–water partition coefficient (Wildman–Crippen LogP) is 3.15. The second-order valence-corrected chi connectivity index (χ2v) is 7.30. The van der Waals surface area contributed by atoms with Gasteiger partial charge in [-0.15, -0.1) is 0 Å². The summed E-state index contributed by atoms with van der Waals surface area (Å²) in [5.41, 5.74) is 1.47. The fourth-order valence-electron chi connectivity index (χ4n) is 3.51. The molecule has 0 spiro atoms. The Bertz CT molecular complexity index is 914. The monoisotopic (exact) mass is 396 g/mol. The first kappa shape index (κ1) is 20.3. The predicted molar refractivity (Wildman–Crippen MR) is 111 cm³/mol. The highest BCUT2D eigenvalue weighted by Gasteiger charge is 2.31. The first-order chi connectivity index (χ1) is 13.9. The highest BCUT2D eigenvalue weighted by molar-refractivity contribution is 6.01. The van der Waals surface area contributed by atoms with Gasteiger partial charge in [0.1, 0.15) is 0 Å². The van der Waals surface area contributed by atoms with Gasteiger partial charge in [-0.05, 0) is 31.0 Å². The van der Waals surface area contributed by atoms with Crippen LogP contribution in [0.5, 0.6) is 0 Å². The van der Waals surface area contributed by atoms with Crippen molar-refractivity contribution in [3.8, 4) is 0 Å². The summed E-state index contributed by atoms with van der Waals surface area (Å²) in [5, 5.41) is 14.1. The Morgan fingerprint density at radius 3 is 2.55 bits per heavy atom. The van der Waals surface area contributed by atoms with Gasteiger partial charge in [-0.1, -0.05) is 18.2 Å². The van der Waals surface area contributed by atoms with Gasteiger partial charge in [0.05, 0.1) is 16.4 Å². The Hall–Kier alpha value is -3.42. The van der Waals surface area contributed by atoms with Crippen molar-refractivity contribution < 1.29 is 14.5 Å². The third kappa shape index (κ3) is 4.71. The van der Waals surface area contributed by atoms with Crippen LogP contribution in [0, 0.1) is 16.0 Å². The number of anilines is 2. The van der Waals surface area contributed by atoms with E-state index in [1.54, 1.807) is 30.0 Å². The average Bonchev–Trinajstić information content (AvgIpc) is 2.73. The van der Waals surface area contributed by atoms with E-state index in [4.69, 9.17) is 0 Å². The molecule has 2 aromatic rings. The Labute approximate surface area is 169 Å². The minimum absolute atomic E-state index is 0.124. The Morgan fingerprint density at radius 1 is 1.17 bits per heavy atom. The van der Waals surface area contributed by atoms with Gasteiger partial charge in [0.2, 0.25) is 5.91 Å². The molecule has 0 bridgehead atoms. The molecule has 0 radical (unpaired) electrons. The van der Waals surface area contributed by atoms with Crippen LogP contribution < -0.4 is 10.2 Å². The van der Waals surface area contributed by atoms with E-state index in [2.05, 4.69) is 5.32 Å². The molecule has 2 aromatic carbocycles. The Kier molecular flexibility index (Phi) is 6.11. The molecule has 0 unspecified atom stereocenters. The zero-order valence-electron chi connectivity index (χ0n) is 16.5. The number of rotatable bonds is 5. The van der Waals surface area contributed by atoms with Crippen molar-refractivity contribution in [2.45, 2.75) is 12.8 Å². The van der Waals surface area contributed by atoms with Gasteiger partial charge in [0.25, 0.3) is 11.6 Å². The quantitative estimate of drug-likeness (QED) is 0.619. The number of benzene rings is 2. The number of para-hydroxylation sites is 1. The second-order valence-electron chi connectivity index (χ2n) is 7.30. The van der Waals surface area contributed by atoms with E-state index in [1.165, 1.54) is 12.1 Å². The number of hydrogen-bond acceptors (Lipinski definition) is 5. The number of nitro benzene ring substituents is 1. The summed E-state index contributed by atoms with van der Waals surface area (Å²) >= 11 is 0. The van der Waals surface area contributed by atoms with Crippen molar-refractivity contribution in [1.82, 2.24) is 4.90 Å². The molecule has 8 heteroatoms. The molecule has 152 valence electrons. The molecule has 8 nitrogen and oxygen atoms in total. The number of piperidine rings is 1. The number of nitrogens with one attached hydrogen (secondary N) is 1. The normalized spacial score (nSPS) is 16.2. The maximum atomic E-state index is 13.2. The smallest absolute Gasteiger partial charge is 0.270 e. The highest BCUT2D eigenvalue weighted by Crippen LogP contribution is 2.28. The fraction of sp³-hybridized carbons (Fsp3) is 0.333. The van der Waals surface area contributed by atoms with Gasteiger partial charge in [0, 0.05) is 50.7 Å². The highest BCUT2D eigenvalue weighted by atomic mass is 16.6. The van der Waals surface area contributed by atoms with Crippen LogP contribution in [0.4, 0.5) is 17.1 Å². The molecule has 2 amide bonds. The first-order valence-electron chi connectivity index (χ1n) is 9.47. The largest absolute Gasteiger partial charge is 0.377 e. The Morgan fingerprint density at radius 2 is 1.90 bits per heavy atom. The van der Waals surface area contributed by atoms with Gasteiger partial charge in [-0.25, -0.2) is 0 Å². The van der Waals surface area contributed by atoms with E-state index >= 15 is 0 Å². The number of nitro groups is 1.